The maximum absolute atomic E-state index is 13.2. The van der Waals surface area contributed by atoms with Crippen molar-refractivity contribution in [1.29, 1.82) is 0 Å². The number of anilines is 2. The second kappa shape index (κ2) is 11.9. The van der Waals surface area contributed by atoms with E-state index in [1.165, 1.54) is 0 Å². The van der Waals surface area contributed by atoms with Gasteiger partial charge >= 0.3 is 0 Å². The molecule has 0 spiro atoms. The number of rotatable bonds is 5. The van der Waals surface area contributed by atoms with Crippen molar-refractivity contribution in [2.75, 3.05) is 43.4 Å². The van der Waals surface area contributed by atoms with E-state index in [1.54, 1.807) is 25.5 Å². The largest absolute Gasteiger partial charge is 0.462 e. The Morgan fingerprint density at radius 2 is 1.66 bits per heavy atom. The summed E-state index contributed by atoms with van der Waals surface area (Å²) in [6.07, 6.45) is 3.46. The van der Waals surface area contributed by atoms with Gasteiger partial charge in [-0.15, -0.1) is 10.2 Å². The molecule has 1 N–H and O–H groups in total. The van der Waals surface area contributed by atoms with Crippen LogP contribution in [0.5, 0.6) is 0 Å². The number of amides is 1. The Hall–Kier alpha value is -4.08. The van der Waals surface area contributed by atoms with Crippen molar-refractivity contribution in [1.82, 2.24) is 25.1 Å². The molecule has 0 unspecified atom stereocenters. The van der Waals surface area contributed by atoms with Gasteiger partial charge in [0.1, 0.15) is 5.60 Å². The van der Waals surface area contributed by atoms with Gasteiger partial charge in [-0.1, -0.05) is 30.3 Å². The molecule has 35 heavy (non-hydrogen) atoms. The molecule has 4 rings (SSSR count). The minimum atomic E-state index is -0.318. The minimum Gasteiger partial charge on any atom is -0.462 e. The molecule has 2 aromatic heterocycles. The summed E-state index contributed by atoms with van der Waals surface area (Å²) in [7, 11) is 1.74. The van der Waals surface area contributed by atoms with Crippen LogP contribution in [0.2, 0.25) is 0 Å². The van der Waals surface area contributed by atoms with Gasteiger partial charge in [-0.3, -0.25) is 9.59 Å². The molecule has 0 saturated carbocycles. The second-order valence-electron chi connectivity index (χ2n) is 8.76. The van der Waals surface area contributed by atoms with Gasteiger partial charge in [0.2, 0.25) is 5.95 Å². The van der Waals surface area contributed by atoms with Gasteiger partial charge in [-0.2, -0.15) is 0 Å². The SMILES string of the molecule is CC(C)(C)OC=O.CNc1nnc(-c2ccccc2)cc1C(=O)N1CCN(c2ncccn2)CC1. The highest BCUT2D eigenvalue weighted by Gasteiger charge is 2.26. The predicted octanol–water partition coefficient (Wildman–Crippen LogP) is 2.90. The second-order valence-corrected chi connectivity index (χ2v) is 8.76. The van der Waals surface area contributed by atoms with Crippen molar-refractivity contribution in [2.45, 2.75) is 26.4 Å². The van der Waals surface area contributed by atoms with Gasteiger partial charge in [-0.25, -0.2) is 9.97 Å². The maximum Gasteiger partial charge on any atom is 0.293 e. The fourth-order valence-corrected chi connectivity index (χ4v) is 3.37. The maximum atomic E-state index is 13.2. The van der Waals surface area contributed by atoms with Crippen LogP contribution >= 0.6 is 0 Å². The van der Waals surface area contributed by atoms with Gasteiger partial charge in [0.25, 0.3) is 12.4 Å². The molecular formula is C25H31N7O3. The van der Waals surface area contributed by atoms with Gasteiger partial charge in [0.05, 0.1) is 11.3 Å². The number of hydrogen-bond donors (Lipinski definition) is 1. The summed E-state index contributed by atoms with van der Waals surface area (Å²) >= 11 is 0. The summed E-state index contributed by atoms with van der Waals surface area (Å²) in [4.78, 5) is 35.3. The molecule has 1 saturated heterocycles. The summed E-state index contributed by atoms with van der Waals surface area (Å²) < 4.78 is 4.55. The van der Waals surface area contributed by atoms with E-state index in [0.717, 1.165) is 5.56 Å². The van der Waals surface area contributed by atoms with E-state index < -0.39 is 0 Å². The number of carbonyl (C=O) groups excluding carboxylic acids is 2. The third-order valence-corrected chi connectivity index (χ3v) is 5.13. The molecule has 10 nitrogen and oxygen atoms in total. The van der Waals surface area contributed by atoms with Crippen LogP contribution in [0.25, 0.3) is 11.3 Å². The lowest BCUT2D eigenvalue weighted by atomic mass is 10.1. The molecule has 184 valence electrons. The third-order valence-electron chi connectivity index (χ3n) is 5.13. The van der Waals surface area contributed by atoms with Crippen LogP contribution in [-0.4, -0.2) is 76.3 Å². The number of ether oxygens (including phenoxy) is 1. The molecule has 0 atom stereocenters. The Bertz CT molecular complexity index is 1100. The van der Waals surface area contributed by atoms with Crippen LogP contribution in [0, 0.1) is 0 Å². The molecule has 0 bridgehead atoms. The average Bonchev–Trinajstić information content (AvgIpc) is 2.89. The molecule has 0 aliphatic carbocycles. The van der Waals surface area contributed by atoms with Crippen molar-refractivity contribution in [2.24, 2.45) is 0 Å². The zero-order valence-electron chi connectivity index (χ0n) is 20.5. The van der Waals surface area contributed by atoms with Crippen molar-refractivity contribution >= 4 is 24.1 Å². The van der Waals surface area contributed by atoms with Crippen molar-refractivity contribution in [3.63, 3.8) is 0 Å². The number of carbonyl (C=O) groups is 2. The Labute approximate surface area is 205 Å². The van der Waals surface area contributed by atoms with Crippen LogP contribution < -0.4 is 10.2 Å². The van der Waals surface area contributed by atoms with Gasteiger partial charge in [0.15, 0.2) is 5.82 Å². The summed E-state index contributed by atoms with van der Waals surface area (Å²) in [5, 5.41) is 11.4. The number of piperazine rings is 1. The Morgan fingerprint density at radius 3 is 2.20 bits per heavy atom. The molecule has 1 aliphatic heterocycles. The first-order chi connectivity index (χ1) is 16.8. The van der Waals surface area contributed by atoms with Crippen LogP contribution in [0.3, 0.4) is 0 Å². The highest BCUT2D eigenvalue weighted by atomic mass is 16.5. The normalized spacial score (nSPS) is 13.4. The number of aromatic nitrogens is 4. The molecule has 3 heterocycles. The average molecular weight is 478 g/mol. The lowest BCUT2D eigenvalue weighted by molar-refractivity contribution is -0.138. The van der Waals surface area contributed by atoms with E-state index in [2.05, 4.69) is 35.1 Å². The third kappa shape index (κ3) is 7.20. The standard InChI is InChI=1S/C20H21N7O.C5H10O2/c1-21-18-16(14-17(24-25-18)15-6-3-2-4-7-15)19(28)26-10-12-27(13-11-26)20-22-8-5-9-23-20;1-5(2,3)7-4-6/h2-9,14H,10-13H2,1H3,(H,21,25);4H,1-3H3. The number of hydrogen-bond acceptors (Lipinski definition) is 9. The smallest absolute Gasteiger partial charge is 0.293 e. The summed E-state index contributed by atoms with van der Waals surface area (Å²) in [5.74, 6) is 1.13. The van der Waals surface area contributed by atoms with Gasteiger partial charge < -0.3 is 19.9 Å². The number of nitrogens with one attached hydrogen (secondary N) is 1. The van der Waals surface area contributed by atoms with E-state index in [4.69, 9.17) is 0 Å². The topological polar surface area (TPSA) is 113 Å². The fourth-order valence-electron chi connectivity index (χ4n) is 3.37. The van der Waals surface area contributed by atoms with Gasteiger partial charge in [-0.05, 0) is 32.9 Å². The zero-order valence-corrected chi connectivity index (χ0v) is 20.5. The highest BCUT2D eigenvalue weighted by Crippen LogP contribution is 2.22. The van der Waals surface area contributed by atoms with Crippen molar-refractivity contribution < 1.29 is 14.3 Å². The molecule has 1 amide bonds. The van der Waals surface area contributed by atoms with Crippen molar-refractivity contribution in [3.05, 3.63) is 60.4 Å². The first kappa shape index (κ1) is 25.5. The quantitative estimate of drug-likeness (QED) is 0.554. The van der Waals surface area contributed by atoms with E-state index in [1.807, 2.05) is 62.1 Å². The fraction of sp³-hybridized carbons (Fsp3) is 0.360. The number of nitrogens with zero attached hydrogens (tertiary/aromatic N) is 6. The molecule has 0 radical (unpaired) electrons. The first-order valence-electron chi connectivity index (χ1n) is 11.4. The van der Waals surface area contributed by atoms with E-state index >= 15 is 0 Å². The Morgan fingerprint density at radius 1 is 1.00 bits per heavy atom. The van der Waals surface area contributed by atoms with Crippen LogP contribution in [-0.2, 0) is 9.53 Å². The van der Waals surface area contributed by atoms with E-state index in [9.17, 15) is 9.59 Å². The van der Waals surface area contributed by atoms with Crippen LogP contribution in [0.4, 0.5) is 11.8 Å². The lowest BCUT2D eigenvalue weighted by Gasteiger charge is -2.34. The summed E-state index contributed by atoms with van der Waals surface area (Å²) in [6.45, 7) is 8.50. The Kier molecular flexibility index (Phi) is 8.66. The highest BCUT2D eigenvalue weighted by molar-refractivity contribution is 5.99. The predicted molar refractivity (Wildman–Crippen MR) is 134 cm³/mol. The zero-order chi connectivity index (χ0) is 25.3. The lowest BCUT2D eigenvalue weighted by Crippen LogP contribution is -2.49. The molecule has 1 fully saturated rings. The monoisotopic (exact) mass is 477 g/mol. The molecular weight excluding hydrogens is 446 g/mol. The summed E-state index contributed by atoms with van der Waals surface area (Å²) in [6, 6.07) is 13.3. The van der Waals surface area contributed by atoms with Crippen molar-refractivity contribution in [3.8, 4) is 11.3 Å². The van der Waals surface area contributed by atoms with Crippen LogP contribution in [0.1, 0.15) is 31.1 Å². The van der Waals surface area contributed by atoms with Gasteiger partial charge in [0, 0.05) is 51.2 Å². The first-order valence-corrected chi connectivity index (χ1v) is 11.4. The summed E-state index contributed by atoms with van der Waals surface area (Å²) in [5.41, 5.74) is 1.82. The van der Waals surface area contributed by atoms with E-state index in [-0.39, 0.29) is 11.5 Å². The van der Waals surface area contributed by atoms with Crippen LogP contribution in [0.15, 0.2) is 54.9 Å². The molecule has 3 aromatic rings. The molecule has 1 aliphatic rings. The molecule has 10 heteroatoms. The van der Waals surface area contributed by atoms with E-state index in [0.29, 0.717) is 55.7 Å². The minimum absolute atomic E-state index is 0.0509. The Balaban J connectivity index is 0.000000429. The number of benzene rings is 1. The molecule has 1 aromatic carbocycles.